The quantitative estimate of drug-likeness (QED) is 0.206. The molecule has 0 spiro atoms. The van der Waals surface area contributed by atoms with Crippen LogP contribution in [0.5, 0.6) is 0 Å². The summed E-state index contributed by atoms with van der Waals surface area (Å²) in [5.74, 6) is -0.140. The average molecular weight is 645 g/mol. The number of fused-ring (bicyclic) bond motifs is 1. The number of morpholine rings is 1. The van der Waals surface area contributed by atoms with E-state index < -0.39 is 6.29 Å². The molecule has 2 aliphatic heterocycles. The summed E-state index contributed by atoms with van der Waals surface area (Å²) in [4.78, 5) is 24.1. The van der Waals surface area contributed by atoms with E-state index in [1.165, 1.54) is 6.20 Å². The molecule has 246 valence electrons. The van der Waals surface area contributed by atoms with Crippen molar-refractivity contribution in [2.45, 2.75) is 38.6 Å². The van der Waals surface area contributed by atoms with Crippen LogP contribution in [0, 0.1) is 5.92 Å². The van der Waals surface area contributed by atoms with Crippen molar-refractivity contribution in [3.05, 3.63) is 131 Å². The number of aromatic nitrogens is 2. The summed E-state index contributed by atoms with van der Waals surface area (Å²) in [5.41, 5.74) is 7.72. The Labute approximate surface area is 280 Å². The number of aliphatic hydroxyl groups is 1. The third kappa shape index (κ3) is 7.31. The zero-order valence-corrected chi connectivity index (χ0v) is 27.0. The van der Waals surface area contributed by atoms with Crippen LogP contribution in [0.25, 0.3) is 22.2 Å². The summed E-state index contributed by atoms with van der Waals surface area (Å²) in [7, 11) is 0. The van der Waals surface area contributed by atoms with E-state index in [1.54, 1.807) is 0 Å². The molecule has 0 unspecified atom stereocenters. The van der Waals surface area contributed by atoms with Gasteiger partial charge in [-0.15, -0.1) is 0 Å². The Balaban J connectivity index is 1.05. The van der Waals surface area contributed by atoms with E-state index in [-0.39, 0.29) is 30.6 Å². The van der Waals surface area contributed by atoms with Gasteiger partial charge in [0.1, 0.15) is 5.69 Å². The van der Waals surface area contributed by atoms with E-state index in [9.17, 15) is 9.90 Å². The van der Waals surface area contributed by atoms with Crippen molar-refractivity contribution >= 4 is 16.9 Å². The van der Waals surface area contributed by atoms with Crippen molar-refractivity contribution in [2.75, 3.05) is 32.8 Å². The fourth-order valence-electron chi connectivity index (χ4n) is 6.40. The van der Waals surface area contributed by atoms with Crippen LogP contribution in [-0.4, -0.2) is 64.8 Å². The number of carbonyl (C=O) groups is 1. The molecule has 2 saturated heterocycles. The number of para-hydroxylation sites is 2. The second-order valence-electron chi connectivity index (χ2n) is 12.5. The van der Waals surface area contributed by atoms with Crippen LogP contribution in [0.15, 0.2) is 103 Å². The fraction of sp³-hybridized carbons (Fsp3) is 0.308. The van der Waals surface area contributed by atoms with Crippen molar-refractivity contribution in [3.8, 4) is 11.1 Å². The lowest BCUT2D eigenvalue weighted by atomic mass is 9.90. The first-order valence-electron chi connectivity index (χ1n) is 16.5. The van der Waals surface area contributed by atoms with Crippen molar-refractivity contribution in [1.29, 1.82) is 0 Å². The highest BCUT2D eigenvalue weighted by Gasteiger charge is 2.39. The molecule has 2 N–H and O–H groups in total. The number of ether oxygens (including phenoxy) is 3. The number of benzene rings is 4. The SMILES string of the molecule is C[C@@H]1[C@H](CN2CCOCC2)O[C@H](c2ccc(-c3cccc(CNC(=O)c4cnc5ccccc5n4)c3)cc2)O[C@@H]1c1ccc(CO)cc1. The minimum absolute atomic E-state index is 0.0111. The van der Waals surface area contributed by atoms with Crippen LogP contribution in [0.3, 0.4) is 0 Å². The molecule has 9 nitrogen and oxygen atoms in total. The molecule has 4 aromatic carbocycles. The van der Waals surface area contributed by atoms with E-state index in [0.29, 0.717) is 17.8 Å². The Hall–Kier alpha value is -4.51. The smallest absolute Gasteiger partial charge is 0.271 e. The van der Waals surface area contributed by atoms with Gasteiger partial charge in [0.05, 0.1) is 49.3 Å². The lowest BCUT2D eigenvalue weighted by molar-refractivity contribution is -0.277. The van der Waals surface area contributed by atoms with Gasteiger partial charge in [-0.25, -0.2) is 4.98 Å². The number of amides is 1. The Morgan fingerprint density at radius 1 is 0.854 bits per heavy atom. The fourth-order valence-corrected chi connectivity index (χ4v) is 6.40. The van der Waals surface area contributed by atoms with Gasteiger partial charge in [0.2, 0.25) is 0 Å². The second kappa shape index (κ2) is 14.7. The van der Waals surface area contributed by atoms with E-state index in [2.05, 4.69) is 75.6 Å². The molecule has 0 bridgehead atoms. The summed E-state index contributed by atoms with van der Waals surface area (Å²) in [6, 6.07) is 32.0. The third-order valence-electron chi connectivity index (χ3n) is 9.24. The molecule has 0 aliphatic carbocycles. The number of nitrogens with one attached hydrogen (secondary N) is 1. The monoisotopic (exact) mass is 644 g/mol. The molecule has 2 aliphatic rings. The Morgan fingerprint density at radius 3 is 2.38 bits per heavy atom. The molecule has 48 heavy (non-hydrogen) atoms. The van der Waals surface area contributed by atoms with Crippen molar-refractivity contribution in [3.63, 3.8) is 0 Å². The van der Waals surface area contributed by atoms with Crippen molar-refractivity contribution in [2.24, 2.45) is 5.92 Å². The van der Waals surface area contributed by atoms with Crippen LogP contribution in [-0.2, 0) is 27.4 Å². The molecule has 5 aromatic rings. The van der Waals surface area contributed by atoms with Crippen LogP contribution >= 0.6 is 0 Å². The summed E-state index contributed by atoms with van der Waals surface area (Å²) < 4.78 is 18.9. The van der Waals surface area contributed by atoms with Gasteiger partial charge in [-0.1, -0.05) is 85.8 Å². The van der Waals surface area contributed by atoms with Crippen molar-refractivity contribution < 1.29 is 24.1 Å². The van der Waals surface area contributed by atoms with Gasteiger partial charge in [0.25, 0.3) is 5.91 Å². The van der Waals surface area contributed by atoms with Gasteiger partial charge in [-0.2, -0.15) is 0 Å². The van der Waals surface area contributed by atoms with Gasteiger partial charge >= 0.3 is 0 Å². The minimum atomic E-state index is -0.524. The molecule has 9 heteroatoms. The first kappa shape index (κ1) is 32.1. The highest BCUT2D eigenvalue weighted by molar-refractivity contribution is 5.93. The average Bonchev–Trinajstić information content (AvgIpc) is 3.15. The van der Waals surface area contributed by atoms with Crippen LogP contribution in [0.4, 0.5) is 0 Å². The zero-order valence-electron chi connectivity index (χ0n) is 27.0. The summed E-state index contributed by atoms with van der Waals surface area (Å²) in [5, 5.41) is 12.5. The topological polar surface area (TPSA) is 106 Å². The summed E-state index contributed by atoms with van der Waals surface area (Å²) >= 11 is 0. The molecule has 0 radical (unpaired) electrons. The van der Waals surface area contributed by atoms with Gasteiger partial charge in [0.15, 0.2) is 6.29 Å². The molecule has 1 aromatic heterocycles. The summed E-state index contributed by atoms with van der Waals surface area (Å²) in [6.45, 7) is 6.64. The first-order chi connectivity index (χ1) is 23.5. The van der Waals surface area contributed by atoms with Crippen LogP contribution in [0.2, 0.25) is 0 Å². The predicted molar refractivity (Wildman–Crippen MR) is 183 cm³/mol. The lowest BCUT2D eigenvalue weighted by Crippen LogP contribution is -2.47. The number of hydrogen-bond donors (Lipinski definition) is 2. The Kier molecular flexibility index (Phi) is 9.83. The normalized spacial score (nSPS) is 21.6. The number of hydrogen-bond acceptors (Lipinski definition) is 8. The molecular weight excluding hydrogens is 604 g/mol. The highest BCUT2D eigenvalue weighted by atomic mass is 16.7. The Bertz CT molecular complexity index is 1840. The van der Waals surface area contributed by atoms with Crippen molar-refractivity contribution in [1.82, 2.24) is 20.2 Å². The maximum Gasteiger partial charge on any atom is 0.271 e. The predicted octanol–water partition coefficient (Wildman–Crippen LogP) is 5.84. The van der Waals surface area contributed by atoms with Gasteiger partial charge in [-0.3, -0.25) is 14.7 Å². The summed E-state index contributed by atoms with van der Waals surface area (Å²) in [6.07, 6.45) is 0.797. The largest absolute Gasteiger partial charge is 0.392 e. The molecule has 7 rings (SSSR count). The molecule has 1 amide bonds. The number of nitrogens with zero attached hydrogens (tertiary/aromatic N) is 3. The molecule has 0 saturated carbocycles. The number of rotatable bonds is 9. The lowest BCUT2D eigenvalue weighted by Gasteiger charge is -2.43. The molecular formula is C39H40N4O5. The van der Waals surface area contributed by atoms with E-state index in [0.717, 1.165) is 71.7 Å². The second-order valence-corrected chi connectivity index (χ2v) is 12.5. The van der Waals surface area contributed by atoms with E-state index >= 15 is 0 Å². The molecule has 3 heterocycles. The van der Waals surface area contributed by atoms with Gasteiger partial charge in [-0.05, 0) is 46.0 Å². The highest BCUT2D eigenvalue weighted by Crippen LogP contribution is 2.42. The van der Waals surface area contributed by atoms with Gasteiger partial charge < -0.3 is 24.6 Å². The Morgan fingerprint density at radius 2 is 1.60 bits per heavy atom. The first-order valence-corrected chi connectivity index (χ1v) is 16.5. The molecule has 4 atom stereocenters. The maximum atomic E-state index is 12.8. The van der Waals surface area contributed by atoms with Crippen LogP contribution < -0.4 is 5.32 Å². The third-order valence-corrected chi connectivity index (χ3v) is 9.24. The standard InChI is InChI=1S/C39H40N4O5/c1-26-36(24-43-17-19-46-20-18-43)47-39(48-37(26)30-11-9-27(25-44)10-12-30)31-15-13-29(14-16-31)32-6-4-5-28(21-32)22-41-38(45)35-23-40-33-7-2-3-8-34(33)42-35/h2-16,21,23,26,36-37,39,44H,17-20,22,24-25H2,1H3,(H,41,45)/t26-,36+,37+,39+/m1/s1. The van der Waals surface area contributed by atoms with E-state index in [1.807, 2.05) is 48.5 Å². The minimum Gasteiger partial charge on any atom is -0.392 e. The van der Waals surface area contributed by atoms with E-state index in [4.69, 9.17) is 14.2 Å². The zero-order chi connectivity index (χ0) is 32.9. The number of carbonyl (C=O) groups excluding carboxylic acids is 1. The molecule has 2 fully saturated rings. The number of aliphatic hydroxyl groups excluding tert-OH is 1. The maximum absolute atomic E-state index is 12.8. The van der Waals surface area contributed by atoms with Gasteiger partial charge in [0, 0.05) is 37.7 Å². The van der Waals surface area contributed by atoms with Crippen LogP contribution in [0.1, 0.15) is 52.1 Å².